The predicted molar refractivity (Wildman–Crippen MR) is 106 cm³/mol. The molecule has 154 valence electrons. The average Bonchev–Trinajstić information content (AvgIpc) is 3.44. The fraction of sp³-hybridized carbons (Fsp3) is 0.200. The fourth-order valence-electron chi connectivity index (χ4n) is 2.52. The van der Waals surface area contributed by atoms with Gasteiger partial charge in [-0.25, -0.2) is 4.39 Å². The van der Waals surface area contributed by atoms with Crippen LogP contribution >= 0.6 is 11.8 Å². The second-order valence-electron chi connectivity index (χ2n) is 6.13. The summed E-state index contributed by atoms with van der Waals surface area (Å²) < 4.78 is 35.3. The van der Waals surface area contributed by atoms with Crippen LogP contribution in [0.1, 0.15) is 24.8 Å². The minimum absolute atomic E-state index is 0.120. The highest BCUT2D eigenvalue weighted by molar-refractivity contribution is 7.98. The van der Waals surface area contributed by atoms with E-state index < -0.39 is 11.9 Å². The quantitative estimate of drug-likeness (QED) is 0.370. The van der Waals surface area contributed by atoms with Gasteiger partial charge in [0, 0.05) is 5.56 Å². The zero-order chi connectivity index (χ0) is 20.9. The van der Waals surface area contributed by atoms with Gasteiger partial charge in [-0.2, -0.15) is 4.98 Å². The van der Waals surface area contributed by atoms with Crippen molar-refractivity contribution in [3.05, 3.63) is 66.1 Å². The van der Waals surface area contributed by atoms with Crippen molar-refractivity contribution in [3.8, 4) is 22.9 Å². The molecular formula is C20H17FN4O4S. The maximum absolute atomic E-state index is 13.7. The average molecular weight is 428 g/mol. The van der Waals surface area contributed by atoms with Gasteiger partial charge in [0.05, 0.1) is 12.9 Å². The van der Waals surface area contributed by atoms with E-state index in [1.54, 1.807) is 26.2 Å². The van der Waals surface area contributed by atoms with Crippen LogP contribution in [-0.2, 0) is 5.75 Å². The SMILES string of the molecule is COc1ccc(-c2noc(CSc3nnc([C@H](C)Oc4ccccc4F)o3)n2)cc1. The first-order valence-electron chi connectivity index (χ1n) is 8.97. The molecule has 2 heterocycles. The molecule has 1 atom stereocenters. The first-order valence-corrected chi connectivity index (χ1v) is 9.95. The van der Waals surface area contributed by atoms with Crippen LogP contribution in [0.25, 0.3) is 11.4 Å². The molecule has 10 heteroatoms. The van der Waals surface area contributed by atoms with Crippen molar-refractivity contribution < 1.29 is 22.8 Å². The van der Waals surface area contributed by atoms with E-state index in [0.29, 0.717) is 22.7 Å². The number of hydrogen-bond acceptors (Lipinski definition) is 9. The molecule has 0 radical (unpaired) electrons. The minimum atomic E-state index is -0.603. The molecule has 0 aliphatic rings. The molecule has 0 unspecified atom stereocenters. The summed E-state index contributed by atoms with van der Waals surface area (Å²) in [5.41, 5.74) is 0.815. The van der Waals surface area contributed by atoms with E-state index in [-0.39, 0.29) is 11.6 Å². The lowest BCUT2D eigenvalue weighted by Crippen LogP contribution is -2.04. The zero-order valence-corrected chi connectivity index (χ0v) is 16.9. The Bertz CT molecular complexity index is 1120. The molecule has 30 heavy (non-hydrogen) atoms. The van der Waals surface area contributed by atoms with Crippen molar-refractivity contribution in [1.29, 1.82) is 0 Å². The second-order valence-corrected chi connectivity index (χ2v) is 7.05. The summed E-state index contributed by atoms with van der Waals surface area (Å²) in [5, 5.41) is 12.2. The molecule has 8 nitrogen and oxygen atoms in total. The van der Waals surface area contributed by atoms with Crippen LogP contribution in [0, 0.1) is 5.82 Å². The summed E-state index contributed by atoms with van der Waals surface area (Å²) in [5.74, 6) is 1.90. The largest absolute Gasteiger partial charge is 0.497 e. The molecule has 0 saturated heterocycles. The molecule has 0 saturated carbocycles. The highest BCUT2D eigenvalue weighted by Gasteiger charge is 2.18. The Kier molecular flexibility index (Phi) is 5.94. The van der Waals surface area contributed by atoms with Crippen LogP contribution in [0.2, 0.25) is 0 Å². The fourth-order valence-corrected chi connectivity index (χ4v) is 3.13. The normalized spacial score (nSPS) is 12.0. The van der Waals surface area contributed by atoms with E-state index in [1.807, 2.05) is 24.3 Å². The molecule has 4 aromatic rings. The predicted octanol–water partition coefficient (Wildman–Crippen LogP) is 4.70. The lowest BCUT2D eigenvalue weighted by atomic mass is 10.2. The van der Waals surface area contributed by atoms with Gasteiger partial charge in [0.25, 0.3) is 11.1 Å². The van der Waals surface area contributed by atoms with Crippen molar-refractivity contribution in [1.82, 2.24) is 20.3 Å². The Labute approximate surface area is 175 Å². The third-order valence-corrected chi connectivity index (χ3v) is 4.85. The summed E-state index contributed by atoms with van der Waals surface area (Å²) in [6.07, 6.45) is -0.603. The van der Waals surface area contributed by atoms with Crippen LogP contribution in [0.3, 0.4) is 0 Å². The summed E-state index contributed by atoms with van der Waals surface area (Å²) in [7, 11) is 1.61. The number of thioether (sulfide) groups is 1. The summed E-state index contributed by atoms with van der Waals surface area (Å²) >= 11 is 1.25. The van der Waals surface area contributed by atoms with Gasteiger partial charge in [-0.1, -0.05) is 29.1 Å². The van der Waals surface area contributed by atoms with Crippen molar-refractivity contribution in [3.63, 3.8) is 0 Å². The Morgan fingerprint density at radius 1 is 1.10 bits per heavy atom. The number of para-hydroxylation sites is 1. The standard InChI is InChI=1S/C20H17FN4O4S/c1-12(27-16-6-4-3-5-15(16)21)19-23-24-20(28-19)30-11-17-22-18(25-29-17)13-7-9-14(26-2)10-8-13/h3-10,12H,11H2,1-2H3/t12-/m0/s1. The third kappa shape index (κ3) is 4.60. The van der Waals surface area contributed by atoms with E-state index in [0.717, 1.165) is 11.3 Å². The number of ether oxygens (including phenoxy) is 2. The molecule has 0 spiro atoms. The Hall–Kier alpha value is -3.40. The van der Waals surface area contributed by atoms with E-state index in [9.17, 15) is 4.39 Å². The van der Waals surface area contributed by atoms with E-state index in [1.165, 1.54) is 23.9 Å². The van der Waals surface area contributed by atoms with Crippen molar-refractivity contribution in [2.75, 3.05) is 7.11 Å². The summed E-state index contributed by atoms with van der Waals surface area (Å²) in [4.78, 5) is 4.36. The lowest BCUT2D eigenvalue weighted by molar-refractivity contribution is 0.174. The maximum Gasteiger partial charge on any atom is 0.277 e. The van der Waals surface area contributed by atoms with Crippen molar-refractivity contribution in [2.24, 2.45) is 0 Å². The van der Waals surface area contributed by atoms with Gasteiger partial charge in [-0.05, 0) is 43.3 Å². The molecular weight excluding hydrogens is 411 g/mol. The first-order chi connectivity index (χ1) is 14.6. The molecule has 2 aromatic heterocycles. The molecule has 0 fully saturated rings. The number of halogens is 1. The highest BCUT2D eigenvalue weighted by atomic mass is 32.2. The van der Waals surface area contributed by atoms with E-state index in [4.69, 9.17) is 18.4 Å². The van der Waals surface area contributed by atoms with E-state index >= 15 is 0 Å². The summed E-state index contributed by atoms with van der Waals surface area (Å²) in [6.45, 7) is 1.70. The van der Waals surface area contributed by atoms with Crippen LogP contribution < -0.4 is 9.47 Å². The third-order valence-electron chi connectivity index (χ3n) is 4.05. The van der Waals surface area contributed by atoms with Crippen LogP contribution in [0.4, 0.5) is 4.39 Å². The first kappa shape index (κ1) is 19.9. The van der Waals surface area contributed by atoms with Crippen molar-refractivity contribution in [2.45, 2.75) is 24.0 Å². The lowest BCUT2D eigenvalue weighted by Gasteiger charge is -2.11. The molecule has 0 amide bonds. The summed E-state index contributed by atoms with van der Waals surface area (Å²) in [6, 6.07) is 13.5. The Morgan fingerprint density at radius 3 is 2.67 bits per heavy atom. The van der Waals surface area contributed by atoms with Crippen LogP contribution in [0.15, 0.2) is 62.7 Å². The second kappa shape index (κ2) is 8.95. The molecule has 4 rings (SSSR count). The Morgan fingerprint density at radius 2 is 1.90 bits per heavy atom. The van der Waals surface area contributed by atoms with Gasteiger partial charge >= 0.3 is 0 Å². The number of hydrogen-bond donors (Lipinski definition) is 0. The smallest absolute Gasteiger partial charge is 0.277 e. The number of nitrogens with zero attached hydrogens (tertiary/aromatic N) is 4. The van der Waals surface area contributed by atoms with Gasteiger partial charge < -0.3 is 18.4 Å². The highest BCUT2D eigenvalue weighted by Crippen LogP contribution is 2.27. The number of benzene rings is 2. The molecule has 2 aromatic carbocycles. The van der Waals surface area contributed by atoms with Crippen molar-refractivity contribution >= 4 is 11.8 Å². The minimum Gasteiger partial charge on any atom is -0.497 e. The number of methoxy groups -OCH3 is 1. The maximum atomic E-state index is 13.7. The number of aromatic nitrogens is 4. The molecule has 0 bridgehead atoms. The topological polar surface area (TPSA) is 96.3 Å². The van der Waals surface area contributed by atoms with Crippen LogP contribution in [0.5, 0.6) is 11.5 Å². The zero-order valence-electron chi connectivity index (χ0n) is 16.1. The van der Waals surface area contributed by atoms with Gasteiger partial charge in [-0.15, -0.1) is 10.2 Å². The van der Waals surface area contributed by atoms with Crippen LogP contribution in [-0.4, -0.2) is 27.4 Å². The van der Waals surface area contributed by atoms with Gasteiger partial charge in [0.1, 0.15) is 5.75 Å². The monoisotopic (exact) mass is 428 g/mol. The van der Waals surface area contributed by atoms with Gasteiger partial charge in [-0.3, -0.25) is 0 Å². The van der Waals surface area contributed by atoms with E-state index in [2.05, 4.69) is 20.3 Å². The molecule has 0 N–H and O–H groups in total. The number of rotatable bonds is 8. The molecule has 0 aliphatic carbocycles. The Balaban J connectivity index is 1.35. The molecule has 0 aliphatic heterocycles. The van der Waals surface area contributed by atoms with Gasteiger partial charge in [0.15, 0.2) is 17.7 Å². The van der Waals surface area contributed by atoms with Gasteiger partial charge in [0.2, 0.25) is 11.7 Å².